The molecule has 5 rings (SSSR count). The van der Waals surface area contributed by atoms with Crippen molar-refractivity contribution in [2.75, 3.05) is 4.90 Å². The van der Waals surface area contributed by atoms with Crippen LogP contribution in [0.2, 0.25) is 0 Å². The number of aliphatic hydroxyl groups excluding tert-OH is 1. The summed E-state index contributed by atoms with van der Waals surface area (Å²) in [5.41, 5.74) is 3.95. The topological polar surface area (TPSA) is 60.8 Å². The number of halogens is 1. The van der Waals surface area contributed by atoms with E-state index in [1.54, 1.807) is 23.1 Å². The molecule has 0 spiro atoms. The van der Waals surface area contributed by atoms with Crippen LogP contribution < -0.4 is 4.90 Å². The molecule has 1 saturated heterocycles. The van der Waals surface area contributed by atoms with Crippen LogP contribution in [-0.2, 0) is 4.79 Å². The number of aliphatic hydroxyl groups is 1. The van der Waals surface area contributed by atoms with Gasteiger partial charge in [-0.25, -0.2) is 4.39 Å². The van der Waals surface area contributed by atoms with E-state index in [1.807, 2.05) is 72.8 Å². The first-order valence-corrected chi connectivity index (χ1v) is 11.7. The minimum absolute atomic E-state index is 0.0426. The Balaban J connectivity index is 1.42. The fourth-order valence-corrected chi connectivity index (χ4v) is 4.86. The molecular weight excluding hydrogens is 441 g/mol. The van der Waals surface area contributed by atoms with E-state index >= 15 is 0 Å². The molecule has 0 saturated carbocycles. The number of β-lactam (4-membered cyclic amide) rings is 1. The predicted octanol–water partition coefficient (Wildman–Crippen LogP) is 6.42. The summed E-state index contributed by atoms with van der Waals surface area (Å²) in [5, 5.41) is 21.6. The Bertz CT molecular complexity index is 1310. The molecule has 4 nitrogen and oxygen atoms in total. The number of carbonyl (C=O) groups is 1. The first-order chi connectivity index (χ1) is 17.0. The third-order valence-corrected chi connectivity index (χ3v) is 6.71. The van der Waals surface area contributed by atoms with Crippen molar-refractivity contribution >= 4 is 11.6 Å². The summed E-state index contributed by atoms with van der Waals surface area (Å²) in [6, 6.07) is 30.2. The maximum Gasteiger partial charge on any atom is 0.233 e. The average Bonchev–Trinajstić information content (AvgIpc) is 2.89. The number of anilines is 1. The van der Waals surface area contributed by atoms with Crippen LogP contribution in [0.5, 0.6) is 5.75 Å². The molecule has 4 aromatic carbocycles. The molecule has 0 radical (unpaired) electrons. The zero-order valence-electron chi connectivity index (χ0n) is 19.1. The smallest absolute Gasteiger partial charge is 0.233 e. The second-order valence-electron chi connectivity index (χ2n) is 8.88. The number of hydrogen-bond acceptors (Lipinski definition) is 3. The van der Waals surface area contributed by atoms with Crippen LogP contribution in [0.1, 0.15) is 36.1 Å². The number of amides is 1. The van der Waals surface area contributed by atoms with E-state index in [0.29, 0.717) is 24.0 Å². The average molecular weight is 468 g/mol. The summed E-state index contributed by atoms with van der Waals surface area (Å²) >= 11 is 0. The van der Waals surface area contributed by atoms with Gasteiger partial charge >= 0.3 is 0 Å². The Kier molecular flexibility index (Phi) is 6.34. The number of aromatic hydroxyl groups is 1. The third-order valence-electron chi connectivity index (χ3n) is 6.71. The molecule has 1 fully saturated rings. The summed E-state index contributed by atoms with van der Waals surface area (Å²) in [7, 11) is 0. The van der Waals surface area contributed by atoms with Crippen LogP contribution in [0.3, 0.4) is 0 Å². The van der Waals surface area contributed by atoms with Crippen molar-refractivity contribution < 1.29 is 19.4 Å². The third kappa shape index (κ3) is 4.55. The van der Waals surface area contributed by atoms with Gasteiger partial charge < -0.3 is 15.1 Å². The molecule has 0 aromatic heterocycles. The Hall–Kier alpha value is -3.96. The highest BCUT2D eigenvalue weighted by atomic mass is 19.1. The molecule has 5 heteroatoms. The Morgan fingerprint density at radius 1 is 0.829 bits per heavy atom. The lowest BCUT2D eigenvalue weighted by molar-refractivity contribution is -0.131. The standard InChI is InChI=1S/C30H26FNO3/c31-23-14-11-21(12-15-23)27(33)18-17-26-29(32(30(26)35)24-9-5-2-6-10-24)25-16-13-22(19-28(25)34)20-7-3-1-4-8-20/h1-16,19,26-27,29,33-34H,17-18H2/t26-,27+,29-/m1/s1. The van der Waals surface area contributed by atoms with E-state index in [0.717, 1.165) is 16.8 Å². The number of carbonyl (C=O) groups excluding carboxylic acids is 1. The first-order valence-electron chi connectivity index (χ1n) is 11.7. The molecule has 1 amide bonds. The lowest BCUT2D eigenvalue weighted by atomic mass is 9.77. The van der Waals surface area contributed by atoms with Crippen LogP contribution in [0.15, 0.2) is 103 Å². The predicted molar refractivity (Wildman–Crippen MR) is 134 cm³/mol. The van der Waals surface area contributed by atoms with Crippen LogP contribution >= 0.6 is 0 Å². The first kappa shape index (κ1) is 22.8. The SMILES string of the molecule is O=C1[C@H](CC[C@H](O)c2ccc(F)cc2)[C@@H](c2ccc(-c3ccccc3)cc2O)N1c1ccccc1. The molecule has 1 aliphatic heterocycles. The van der Waals surface area contributed by atoms with Crippen molar-refractivity contribution in [3.8, 4) is 16.9 Å². The minimum Gasteiger partial charge on any atom is -0.508 e. The van der Waals surface area contributed by atoms with Crippen LogP contribution in [0, 0.1) is 11.7 Å². The molecule has 2 N–H and O–H groups in total. The van der Waals surface area contributed by atoms with Crippen molar-refractivity contribution in [3.05, 3.63) is 120 Å². The van der Waals surface area contributed by atoms with Crippen LogP contribution in [0.4, 0.5) is 10.1 Å². The molecule has 0 unspecified atom stereocenters. The summed E-state index contributed by atoms with van der Waals surface area (Å²) < 4.78 is 13.2. The normalized spacial score (nSPS) is 18.2. The van der Waals surface area contributed by atoms with Gasteiger partial charge in [0.2, 0.25) is 5.91 Å². The molecular formula is C30H26FNO3. The maximum atomic E-state index is 13.3. The molecule has 1 heterocycles. The monoisotopic (exact) mass is 467 g/mol. The van der Waals surface area contributed by atoms with Crippen molar-refractivity contribution in [2.24, 2.45) is 5.92 Å². The number of rotatable bonds is 7. The molecule has 4 aromatic rings. The Morgan fingerprint density at radius 3 is 2.14 bits per heavy atom. The Morgan fingerprint density at radius 2 is 1.49 bits per heavy atom. The molecule has 176 valence electrons. The van der Waals surface area contributed by atoms with Gasteiger partial charge in [0, 0.05) is 11.3 Å². The van der Waals surface area contributed by atoms with Gasteiger partial charge in [0.05, 0.1) is 18.1 Å². The number of nitrogens with zero attached hydrogens (tertiary/aromatic N) is 1. The van der Waals surface area contributed by atoms with E-state index in [9.17, 15) is 19.4 Å². The molecule has 35 heavy (non-hydrogen) atoms. The van der Waals surface area contributed by atoms with Gasteiger partial charge in [-0.2, -0.15) is 0 Å². The summed E-state index contributed by atoms with van der Waals surface area (Å²) in [6.45, 7) is 0. The van der Waals surface area contributed by atoms with Gasteiger partial charge in [-0.1, -0.05) is 72.8 Å². The van der Waals surface area contributed by atoms with Crippen LogP contribution in [0.25, 0.3) is 11.1 Å². The number of phenols is 1. The van der Waals surface area contributed by atoms with E-state index in [4.69, 9.17) is 0 Å². The van der Waals surface area contributed by atoms with Gasteiger partial charge in [0.1, 0.15) is 11.6 Å². The van der Waals surface area contributed by atoms with E-state index < -0.39 is 12.0 Å². The lowest BCUT2D eigenvalue weighted by Crippen LogP contribution is -2.55. The zero-order valence-corrected chi connectivity index (χ0v) is 19.1. The largest absolute Gasteiger partial charge is 0.508 e. The van der Waals surface area contributed by atoms with Crippen molar-refractivity contribution in [1.82, 2.24) is 0 Å². The highest BCUT2D eigenvalue weighted by Crippen LogP contribution is 2.49. The molecule has 1 aliphatic rings. The highest BCUT2D eigenvalue weighted by molar-refractivity contribution is 6.03. The molecule has 0 aliphatic carbocycles. The maximum absolute atomic E-state index is 13.3. The van der Waals surface area contributed by atoms with Gasteiger partial charge in [-0.05, 0) is 59.9 Å². The second kappa shape index (κ2) is 9.72. The number of benzene rings is 4. The second-order valence-corrected chi connectivity index (χ2v) is 8.88. The molecule has 3 atom stereocenters. The number of para-hydroxylation sites is 1. The number of phenolic OH excluding ortho intramolecular Hbond substituents is 1. The van der Waals surface area contributed by atoms with Crippen LogP contribution in [-0.4, -0.2) is 16.1 Å². The van der Waals surface area contributed by atoms with E-state index in [2.05, 4.69) is 0 Å². The fourth-order valence-electron chi connectivity index (χ4n) is 4.86. The quantitative estimate of drug-likeness (QED) is 0.309. The summed E-state index contributed by atoms with van der Waals surface area (Å²) in [6.07, 6.45) is -0.0150. The fraction of sp³-hybridized carbons (Fsp3) is 0.167. The number of hydrogen-bond donors (Lipinski definition) is 2. The minimum atomic E-state index is -0.802. The zero-order chi connectivity index (χ0) is 24.4. The van der Waals surface area contributed by atoms with Gasteiger partial charge in [0.25, 0.3) is 0 Å². The van der Waals surface area contributed by atoms with Crippen molar-refractivity contribution in [3.63, 3.8) is 0 Å². The summed E-state index contributed by atoms with van der Waals surface area (Å²) in [5.74, 6) is -0.658. The van der Waals surface area contributed by atoms with Gasteiger partial charge in [-0.3, -0.25) is 4.79 Å². The highest BCUT2D eigenvalue weighted by Gasteiger charge is 2.49. The summed E-state index contributed by atoms with van der Waals surface area (Å²) in [4.78, 5) is 15.0. The lowest BCUT2D eigenvalue weighted by Gasteiger charge is -2.48. The van der Waals surface area contributed by atoms with E-state index in [1.165, 1.54) is 12.1 Å². The molecule has 0 bridgehead atoms. The van der Waals surface area contributed by atoms with E-state index in [-0.39, 0.29) is 23.5 Å². The van der Waals surface area contributed by atoms with Gasteiger partial charge in [-0.15, -0.1) is 0 Å². The van der Waals surface area contributed by atoms with Crippen molar-refractivity contribution in [1.29, 1.82) is 0 Å². The Labute approximate surface area is 203 Å². The van der Waals surface area contributed by atoms with Crippen molar-refractivity contribution in [2.45, 2.75) is 25.0 Å². The van der Waals surface area contributed by atoms with Gasteiger partial charge in [0.15, 0.2) is 0 Å².